The van der Waals surface area contributed by atoms with Gasteiger partial charge in [0.15, 0.2) is 5.84 Å². The number of phenolic OH excluding ortho intramolecular Hbond substituents is 1. The zero-order valence-corrected chi connectivity index (χ0v) is 23.8. The van der Waals surface area contributed by atoms with Crippen molar-refractivity contribution in [2.75, 3.05) is 44.7 Å². The van der Waals surface area contributed by atoms with Crippen LogP contribution in [-0.4, -0.2) is 78.4 Å². The largest absolute Gasteiger partial charge is 0.507 e. The SMILES string of the molecule is CCN1CCN(Cc2ccc(N(C(=N)C(=O)NC(C)C)C(=N)c3cc(C(C)C)c(OC)cc3O)cc2F)CC1. The first-order chi connectivity index (χ1) is 18.5. The lowest BCUT2D eigenvalue weighted by Gasteiger charge is -2.34. The fourth-order valence-corrected chi connectivity index (χ4v) is 4.63. The van der Waals surface area contributed by atoms with E-state index in [0.717, 1.165) is 43.2 Å². The number of amides is 1. The number of hydrogen-bond donors (Lipinski definition) is 4. The molecule has 3 rings (SSSR count). The predicted octanol–water partition coefficient (Wildman–Crippen LogP) is 4.13. The number of nitrogens with one attached hydrogen (secondary N) is 3. The minimum Gasteiger partial charge on any atom is -0.507 e. The highest BCUT2D eigenvalue weighted by atomic mass is 19.1. The molecule has 1 heterocycles. The van der Waals surface area contributed by atoms with Gasteiger partial charge in [0.2, 0.25) is 0 Å². The van der Waals surface area contributed by atoms with Gasteiger partial charge >= 0.3 is 0 Å². The van der Waals surface area contributed by atoms with Crippen LogP contribution in [0.2, 0.25) is 0 Å². The van der Waals surface area contributed by atoms with Gasteiger partial charge in [0.05, 0.1) is 18.4 Å². The van der Waals surface area contributed by atoms with Gasteiger partial charge in [-0.05, 0) is 50.1 Å². The van der Waals surface area contributed by atoms with Gasteiger partial charge in [-0.1, -0.05) is 26.8 Å². The molecule has 39 heavy (non-hydrogen) atoms. The van der Waals surface area contributed by atoms with Crippen molar-refractivity contribution in [1.29, 1.82) is 10.8 Å². The highest BCUT2D eigenvalue weighted by Gasteiger charge is 2.28. The molecular weight excluding hydrogens is 499 g/mol. The van der Waals surface area contributed by atoms with Gasteiger partial charge in [-0.2, -0.15) is 0 Å². The molecule has 4 N–H and O–H groups in total. The molecule has 10 heteroatoms. The van der Waals surface area contributed by atoms with E-state index < -0.39 is 17.6 Å². The van der Waals surface area contributed by atoms with Gasteiger partial charge in [-0.15, -0.1) is 0 Å². The van der Waals surface area contributed by atoms with E-state index in [1.54, 1.807) is 32.0 Å². The number of hydrogen-bond acceptors (Lipinski definition) is 7. The fraction of sp³-hybridized carbons (Fsp3) is 0.483. The molecule has 1 amide bonds. The van der Waals surface area contributed by atoms with Crippen LogP contribution in [0.1, 0.15) is 57.2 Å². The third-order valence-electron chi connectivity index (χ3n) is 6.91. The first kappa shape index (κ1) is 30.0. The summed E-state index contributed by atoms with van der Waals surface area (Å²) in [6.45, 7) is 14.6. The van der Waals surface area contributed by atoms with Crippen LogP contribution in [0.4, 0.5) is 10.1 Å². The van der Waals surface area contributed by atoms with Gasteiger partial charge in [-0.3, -0.25) is 25.4 Å². The molecule has 1 saturated heterocycles. The molecule has 212 valence electrons. The lowest BCUT2D eigenvalue weighted by molar-refractivity contribution is -0.115. The molecule has 0 atom stereocenters. The van der Waals surface area contributed by atoms with Crippen molar-refractivity contribution in [3.8, 4) is 11.5 Å². The maximum Gasteiger partial charge on any atom is 0.287 e. The molecule has 9 nitrogen and oxygen atoms in total. The number of benzene rings is 2. The lowest BCUT2D eigenvalue weighted by Crippen LogP contribution is -2.47. The maximum atomic E-state index is 15.4. The van der Waals surface area contributed by atoms with Gasteiger partial charge in [0.1, 0.15) is 23.2 Å². The number of aromatic hydroxyl groups is 1. The Bertz CT molecular complexity index is 1210. The zero-order valence-electron chi connectivity index (χ0n) is 23.8. The van der Waals surface area contributed by atoms with Gasteiger partial charge in [-0.25, -0.2) is 4.39 Å². The Morgan fingerprint density at radius 3 is 2.28 bits per heavy atom. The number of carbonyl (C=O) groups is 1. The number of ether oxygens (including phenoxy) is 1. The van der Waals surface area contributed by atoms with Crippen molar-refractivity contribution >= 4 is 23.3 Å². The van der Waals surface area contributed by atoms with E-state index >= 15 is 4.39 Å². The third-order valence-corrected chi connectivity index (χ3v) is 6.91. The van der Waals surface area contributed by atoms with Crippen LogP contribution in [0, 0.1) is 16.6 Å². The van der Waals surface area contributed by atoms with Crippen molar-refractivity contribution in [1.82, 2.24) is 15.1 Å². The van der Waals surface area contributed by atoms with Crippen LogP contribution < -0.4 is 15.0 Å². The molecule has 1 aliphatic heterocycles. The van der Waals surface area contributed by atoms with Crippen LogP contribution >= 0.6 is 0 Å². The number of nitrogens with zero attached hydrogens (tertiary/aromatic N) is 3. The van der Waals surface area contributed by atoms with Crippen molar-refractivity contribution in [2.45, 2.75) is 53.1 Å². The summed E-state index contributed by atoms with van der Waals surface area (Å²) >= 11 is 0. The van der Waals surface area contributed by atoms with E-state index in [2.05, 4.69) is 22.0 Å². The van der Waals surface area contributed by atoms with E-state index in [1.807, 2.05) is 13.8 Å². The van der Waals surface area contributed by atoms with E-state index in [-0.39, 0.29) is 34.8 Å². The molecule has 1 fully saturated rings. The Morgan fingerprint density at radius 1 is 1.10 bits per heavy atom. The predicted molar refractivity (Wildman–Crippen MR) is 153 cm³/mol. The second kappa shape index (κ2) is 13.0. The van der Waals surface area contributed by atoms with E-state index in [9.17, 15) is 9.90 Å². The number of halogens is 1. The average Bonchev–Trinajstić information content (AvgIpc) is 2.89. The zero-order chi connectivity index (χ0) is 28.9. The topological polar surface area (TPSA) is 116 Å². The first-order valence-electron chi connectivity index (χ1n) is 13.4. The van der Waals surface area contributed by atoms with E-state index in [0.29, 0.717) is 17.9 Å². The minimum absolute atomic E-state index is 0.0140. The molecule has 2 aromatic rings. The maximum absolute atomic E-state index is 15.4. The molecule has 0 aliphatic carbocycles. The second-order valence-corrected chi connectivity index (χ2v) is 10.4. The number of rotatable bonds is 8. The van der Waals surface area contributed by atoms with Crippen molar-refractivity contribution in [3.05, 3.63) is 52.8 Å². The van der Waals surface area contributed by atoms with E-state index in [1.165, 1.54) is 19.2 Å². The molecule has 0 spiro atoms. The number of carbonyl (C=O) groups excluding carboxylic acids is 1. The highest BCUT2D eigenvalue weighted by Crippen LogP contribution is 2.34. The van der Waals surface area contributed by atoms with Crippen LogP contribution in [0.5, 0.6) is 11.5 Å². The molecule has 0 unspecified atom stereocenters. The van der Waals surface area contributed by atoms with Crippen molar-refractivity contribution in [2.24, 2.45) is 0 Å². The molecule has 0 bridgehead atoms. The number of piperazine rings is 1. The Hall–Kier alpha value is -3.50. The summed E-state index contributed by atoms with van der Waals surface area (Å²) in [4.78, 5) is 18.5. The average molecular weight is 541 g/mol. The van der Waals surface area contributed by atoms with Crippen LogP contribution in [0.25, 0.3) is 0 Å². The smallest absolute Gasteiger partial charge is 0.287 e. The summed E-state index contributed by atoms with van der Waals surface area (Å²) in [5.41, 5.74) is 1.49. The number of likely N-dealkylation sites (N-methyl/N-ethyl adjacent to an activating group) is 1. The normalized spacial score (nSPS) is 14.5. The minimum atomic E-state index is -0.717. The monoisotopic (exact) mass is 540 g/mol. The van der Waals surface area contributed by atoms with E-state index in [4.69, 9.17) is 15.6 Å². The van der Waals surface area contributed by atoms with Crippen LogP contribution in [0.15, 0.2) is 30.3 Å². The van der Waals surface area contributed by atoms with Gasteiger partial charge in [0, 0.05) is 50.4 Å². The summed E-state index contributed by atoms with van der Waals surface area (Å²) < 4.78 is 20.8. The summed E-state index contributed by atoms with van der Waals surface area (Å²) in [6.07, 6.45) is 0. The van der Waals surface area contributed by atoms with Crippen molar-refractivity contribution < 1.29 is 19.0 Å². The fourth-order valence-electron chi connectivity index (χ4n) is 4.63. The molecule has 0 radical (unpaired) electrons. The Balaban J connectivity index is 1.99. The summed E-state index contributed by atoms with van der Waals surface area (Å²) in [5, 5.41) is 31.1. The van der Waals surface area contributed by atoms with Gasteiger partial charge in [0.25, 0.3) is 5.91 Å². The third kappa shape index (κ3) is 7.13. The molecule has 0 saturated carbocycles. The number of amidine groups is 2. The second-order valence-electron chi connectivity index (χ2n) is 10.4. The number of anilines is 1. The first-order valence-corrected chi connectivity index (χ1v) is 13.4. The number of phenols is 1. The van der Waals surface area contributed by atoms with Crippen LogP contribution in [0.3, 0.4) is 0 Å². The quantitative estimate of drug-likeness (QED) is 0.296. The molecule has 2 aromatic carbocycles. The summed E-state index contributed by atoms with van der Waals surface area (Å²) in [5.74, 6) is -1.85. The van der Waals surface area contributed by atoms with Crippen molar-refractivity contribution in [3.63, 3.8) is 0 Å². The summed E-state index contributed by atoms with van der Waals surface area (Å²) in [7, 11) is 1.50. The Labute approximate surface area is 230 Å². The Morgan fingerprint density at radius 2 is 1.74 bits per heavy atom. The molecule has 1 aliphatic rings. The standard InChI is InChI=1S/C29H41FN6O3/c1-7-34-10-12-35(13-11-34)17-20-8-9-21(14-24(20)30)36(28(32)29(38)33-19(4)5)27(31)23-15-22(18(2)3)26(39-6)16-25(23)37/h8-9,14-16,18-19,31-32,37H,7,10-13,17H2,1-6H3,(H,33,38). The molecule has 0 aromatic heterocycles. The highest BCUT2D eigenvalue weighted by molar-refractivity contribution is 6.48. The lowest BCUT2D eigenvalue weighted by atomic mass is 9.97. The Kier molecular flexibility index (Phi) is 10.0. The van der Waals surface area contributed by atoms with Gasteiger partial charge < -0.3 is 20.1 Å². The summed E-state index contributed by atoms with van der Waals surface area (Å²) in [6, 6.07) is 7.27. The van der Waals surface area contributed by atoms with Crippen LogP contribution in [-0.2, 0) is 11.3 Å². The molecular formula is C29H41FN6O3. The number of methoxy groups -OCH3 is 1.